The van der Waals surface area contributed by atoms with Gasteiger partial charge in [0.2, 0.25) is 11.8 Å². The minimum Gasteiger partial charge on any atom is -0.497 e. The van der Waals surface area contributed by atoms with E-state index in [1.54, 1.807) is 55.8 Å². The van der Waals surface area contributed by atoms with Gasteiger partial charge in [0.1, 0.15) is 36.1 Å². The summed E-state index contributed by atoms with van der Waals surface area (Å²) < 4.78 is 21.1. The lowest BCUT2D eigenvalue weighted by Gasteiger charge is -2.51. The van der Waals surface area contributed by atoms with Gasteiger partial charge in [-0.3, -0.25) is 14.4 Å². The number of esters is 2. The number of methoxy groups -OCH3 is 1. The molecule has 4 rings (SSSR count). The molecule has 0 aliphatic carbocycles. The molecule has 1 saturated heterocycles. The Labute approximate surface area is 211 Å². The lowest BCUT2D eigenvalue weighted by atomic mass is 9.98. The monoisotopic (exact) mass is 514 g/mol. The Kier molecular flexibility index (Phi) is 7.99. The Balaban J connectivity index is 1.45. The molecule has 1 N–H and O–H groups in total. The van der Waals surface area contributed by atoms with Gasteiger partial charge in [-0.1, -0.05) is 19.1 Å². The standard InChI is InChI=1S/C25H26N2O8S/c1-3-20(29)34-13-16-14-36-24-21(26-19(28)11-18-5-4-10-33-18)23(30)27(24)22(16)25(31)35-12-15-6-8-17(32-2)9-7-15/h4-10,14,21-22,24H,3,11-13H2,1-2H3,(H,26,28)/t21?,22?,24-/m0/s1. The molecule has 2 amide bonds. The van der Waals surface area contributed by atoms with E-state index in [4.69, 9.17) is 18.6 Å². The molecule has 36 heavy (non-hydrogen) atoms. The number of ether oxygens (including phenoxy) is 3. The number of hydrogen-bond acceptors (Lipinski definition) is 9. The van der Waals surface area contributed by atoms with Crippen LogP contribution in [0.25, 0.3) is 0 Å². The van der Waals surface area contributed by atoms with Crippen molar-refractivity contribution in [3.63, 3.8) is 0 Å². The van der Waals surface area contributed by atoms with Gasteiger partial charge < -0.3 is 28.8 Å². The molecule has 0 radical (unpaired) electrons. The number of carbonyl (C=O) groups excluding carboxylic acids is 4. The van der Waals surface area contributed by atoms with Gasteiger partial charge in [-0.15, -0.1) is 11.8 Å². The topological polar surface area (TPSA) is 124 Å². The van der Waals surface area contributed by atoms with Crippen LogP contribution in [0.3, 0.4) is 0 Å². The van der Waals surface area contributed by atoms with Crippen LogP contribution in [0.5, 0.6) is 5.75 Å². The molecular formula is C25H26N2O8S. The number of fused-ring (bicyclic) bond motifs is 1. The third-order valence-corrected chi connectivity index (χ3v) is 6.97. The Bertz CT molecular complexity index is 1150. The van der Waals surface area contributed by atoms with Crippen LogP contribution in [-0.2, 0) is 41.7 Å². The van der Waals surface area contributed by atoms with Gasteiger partial charge in [-0.25, -0.2) is 4.79 Å². The van der Waals surface area contributed by atoms with E-state index >= 15 is 0 Å². The third-order valence-electron chi connectivity index (χ3n) is 5.75. The van der Waals surface area contributed by atoms with E-state index in [2.05, 4.69) is 5.32 Å². The minimum atomic E-state index is -1.06. The van der Waals surface area contributed by atoms with Crippen LogP contribution in [0, 0.1) is 0 Å². The maximum absolute atomic E-state index is 13.2. The highest BCUT2D eigenvalue weighted by atomic mass is 32.2. The number of nitrogens with zero attached hydrogens (tertiary/aromatic N) is 1. The number of nitrogens with one attached hydrogen (secondary N) is 1. The second-order valence-electron chi connectivity index (χ2n) is 8.14. The van der Waals surface area contributed by atoms with Gasteiger partial charge in [-0.05, 0) is 35.2 Å². The average Bonchev–Trinajstić information content (AvgIpc) is 3.41. The van der Waals surface area contributed by atoms with E-state index in [9.17, 15) is 19.2 Å². The summed E-state index contributed by atoms with van der Waals surface area (Å²) in [6, 6.07) is 8.52. The molecule has 0 bridgehead atoms. The van der Waals surface area contributed by atoms with Gasteiger partial charge in [0.25, 0.3) is 0 Å². The van der Waals surface area contributed by atoms with Gasteiger partial charge in [0.15, 0.2) is 6.04 Å². The first-order valence-corrected chi connectivity index (χ1v) is 12.3. The highest BCUT2D eigenvalue weighted by Crippen LogP contribution is 2.40. The molecule has 2 aromatic rings. The van der Waals surface area contributed by atoms with Crippen molar-refractivity contribution in [1.29, 1.82) is 0 Å². The fraction of sp³-hybridized carbons (Fsp3) is 0.360. The van der Waals surface area contributed by atoms with Crippen molar-refractivity contribution in [2.45, 2.75) is 43.8 Å². The number of hydrogen-bond donors (Lipinski definition) is 1. The number of carbonyl (C=O) groups is 4. The highest BCUT2D eigenvalue weighted by Gasteiger charge is 2.56. The van der Waals surface area contributed by atoms with Crippen molar-refractivity contribution in [2.75, 3.05) is 13.7 Å². The largest absolute Gasteiger partial charge is 0.497 e. The molecular weight excluding hydrogens is 488 g/mol. The maximum atomic E-state index is 13.2. The zero-order chi connectivity index (χ0) is 25.7. The lowest BCUT2D eigenvalue weighted by Crippen LogP contribution is -2.74. The summed E-state index contributed by atoms with van der Waals surface area (Å²) in [5.74, 6) is -0.707. The van der Waals surface area contributed by atoms with Crippen molar-refractivity contribution in [2.24, 2.45) is 0 Å². The molecule has 3 heterocycles. The summed E-state index contributed by atoms with van der Waals surface area (Å²) >= 11 is 1.27. The van der Waals surface area contributed by atoms with Crippen LogP contribution in [0.1, 0.15) is 24.7 Å². The van der Waals surface area contributed by atoms with E-state index < -0.39 is 35.3 Å². The van der Waals surface area contributed by atoms with Crippen molar-refractivity contribution in [3.05, 3.63) is 65.0 Å². The second-order valence-corrected chi connectivity index (χ2v) is 9.13. The van der Waals surface area contributed by atoms with Crippen molar-refractivity contribution < 1.29 is 37.8 Å². The number of amides is 2. The van der Waals surface area contributed by atoms with Gasteiger partial charge >= 0.3 is 11.9 Å². The van der Waals surface area contributed by atoms with Gasteiger partial charge in [0.05, 0.1) is 19.8 Å². The summed E-state index contributed by atoms with van der Waals surface area (Å²) in [7, 11) is 1.56. The van der Waals surface area contributed by atoms with Crippen molar-refractivity contribution in [1.82, 2.24) is 10.2 Å². The molecule has 190 valence electrons. The van der Waals surface area contributed by atoms with Crippen LogP contribution >= 0.6 is 11.8 Å². The van der Waals surface area contributed by atoms with E-state index in [0.717, 1.165) is 5.56 Å². The number of thioether (sulfide) groups is 1. The minimum absolute atomic E-state index is 0.00441. The summed E-state index contributed by atoms with van der Waals surface area (Å²) in [6.45, 7) is 1.51. The summed E-state index contributed by atoms with van der Waals surface area (Å²) in [5, 5.41) is 3.91. The van der Waals surface area contributed by atoms with E-state index in [0.29, 0.717) is 17.1 Å². The number of rotatable bonds is 10. The Morgan fingerprint density at radius 3 is 2.56 bits per heavy atom. The third kappa shape index (κ3) is 5.56. The first kappa shape index (κ1) is 25.4. The summed E-state index contributed by atoms with van der Waals surface area (Å²) in [4.78, 5) is 51.7. The quantitative estimate of drug-likeness (QED) is 0.375. The SMILES string of the molecule is CCC(=O)OCC1=CS[C@H]2C(NC(=O)Cc3ccco3)C(=O)N2C1C(=O)OCc1ccc(OC)cc1. The Morgan fingerprint density at radius 2 is 1.89 bits per heavy atom. The zero-order valence-electron chi connectivity index (χ0n) is 19.8. The molecule has 2 aliphatic rings. The van der Waals surface area contributed by atoms with Gasteiger partial charge in [0, 0.05) is 12.0 Å². The fourth-order valence-electron chi connectivity index (χ4n) is 3.83. The zero-order valence-corrected chi connectivity index (χ0v) is 20.6. The van der Waals surface area contributed by atoms with Crippen molar-refractivity contribution in [3.8, 4) is 5.75 Å². The van der Waals surface area contributed by atoms with E-state index in [-0.39, 0.29) is 32.0 Å². The molecule has 11 heteroatoms. The number of benzene rings is 1. The molecule has 1 fully saturated rings. The molecule has 2 unspecified atom stereocenters. The lowest BCUT2D eigenvalue weighted by molar-refractivity contribution is -0.164. The van der Waals surface area contributed by atoms with Crippen LogP contribution < -0.4 is 10.1 Å². The highest BCUT2D eigenvalue weighted by molar-refractivity contribution is 8.02. The molecule has 1 aromatic heterocycles. The molecule has 1 aromatic carbocycles. The molecule has 3 atom stereocenters. The summed E-state index contributed by atoms with van der Waals surface area (Å²) in [5.41, 5.74) is 1.18. The predicted octanol–water partition coefficient (Wildman–Crippen LogP) is 2.18. The van der Waals surface area contributed by atoms with Gasteiger partial charge in [-0.2, -0.15) is 0 Å². The first-order chi connectivity index (χ1) is 17.4. The smallest absolute Gasteiger partial charge is 0.333 e. The Hall–Kier alpha value is -3.73. The maximum Gasteiger partial charge on any atom is 0.333 e. The molecule has 0 spiro atoms. The first-order valence-electron chi connectivity index (χ1n) is 11.3. The predicted molar refractivity (Wildman–Crippen MR) is 128 cm³/mol. The van der Waals surface area contributed by atoms with E-state index in [1.807, 2.05) is 0 Å². The number of furan rings is 1. The normalized spacial score (nSPS) is 20.5. The van der Waals surface area contributed by atoms with E-state index in [1.165, 1.54) is 22.9 Å². The second kappa shape index (κ2) is 11.3. The average molecular weight is 515 g/mol. The fourth-order valence-corrected chi connectivity index (χ4v) is 5.04. The van der Waals surface area contributed by atoms with Crippen LogP contribution in [-0.4, -0.2) is 59.8 Å². The van der Waals surface area contributed by atoms with Crippen LogP contribution in [0.4, 0.5) is 0 Å². The Morgan fingerprint density at radius 1 is 1.11 bits per heavy atom. The number of β-lactam (4-membered cyclic amide) rings is 1. The van der Waals surface area contributed by atoms with Crippen molar-refractivity contribution >= 4 is 35.5 Å². The molecule has 0 saturated carbocycles. The van der Waals surface area contributed by atoms with Crippen LogP contribution in [0.2, 0.25) is 0 Å². The van der Waals surface area contributed by atoms with Crippen LogP contribution in [0.15, 0.2) is 58.1 Å². The molecule has 10 nitrogen and oxygen atoms in total. The summed E-state index contributed by atoms with van der Waals surface area (Å²) in [6.07, 6.45) is 1.65. The molecule has 2 aliphatic heterocycles.